The lowest BCUT2D eigenvalue weighted by Crippen LogP contribution is -2.14. The van der Waals surface area contributed by atoms with Gasteiger partial charge in [-0.15, -0.1) is 0 Å². The van der Waals surface area contributed by atoms with Crippen molar-refractivity contribution < 1.29 is 28.6 Å². The monoisotopic (exact) mass is 1190 g/mol. The van der Waals surface area contributed by atoms with E-state index in [0.717, 1.165) is 110 Å². The number of fused-ring (bicyclic) bond motifs is 2. The van der Waals surface area contributed by atoms with Crippen molar-refractivity contribution in [1.82, 2.24) is 29.9 Å². The maximum atomic E-state index is 12.4. The number of anilines is 3. The van der Waals surface area contributed by atoms with Gasteiger partial charge in [-0.2, -0.15) is 0 Å². The molecule has 0 saturated carbocycles. The Morgan fingerprint density at radius 2 is 0.895 bits per heavy atom. The third-order valence-electron chi connectivity index (χ3n) is 13.5. The molecule has 0 aliphatic rings. The van der Waals surface area contributed by atoms with Gasteiger partial charge in [-0.3, -0.25) is 24.4 Å². The number of methoxy groups -OCH3 is 3. The fraction of sp³-hybridized carbons (Fsp3) is 0.132. The minimum absolute atomic E-state index is 0.0681. The lowest BCUT2D eigenvalue weighted by molar-refractivity contribution is -0.116. The molecule has 0 atom stereocenters. The van der Waals surface area contributed by atoms with E-state index in [4.69, 9.17) is 14.2 Å². The van der Waals surface area contributed by atoms with Gasteiger partial charge in [0.25, 0.3) is 0 Å². The van der Waals surface area contributed by atoms with E-state index in [-0.39, 0.29) is 24.1 Å². The third-order valence-corrected chi connectivity index (χ3v) is 16.3. The minimum Gasteiger partial charge on any atom is -0.497 e. The molecule has 0 spiro atoms. The number of carbonyl (C=O) groups excluding carboxylic acids is 3. The summed E-state index contributed by atoms with van der Waals surface area (Å²) in [5, 5.41) is 10.5. The normalized spacial score (nSPS) is 10.7. The van der Waals surface area contributed by atoms with Crippen molar-refractivity contribution in [3.63, 3.8) is 0 Å². The quantitative estimate of drug-likeness (QED) is 0.0783. The SMILES string of the molecule is CCc1cc(-c2ccc(CC(=O)Nc3nc4ccc(OC)cc4s3)cc2)ccn1.COc1ccc2nc(NC(=O)Cc3ccc(-c4ccnc(OC)c4)cc3)sc2c1.Cc1cc(-c2ccc(CC(=O)Nc3ncc(-c4ccccc4)s3)cc2)ccn1. The van der Waals surface area contributed by atoms with Gasteiger partial charge in [0.05, 0.1) is 65.9 Å². The van der Waals surface area contributed by atoms with Crippen LogP contribution in [0.5, 0.6) is 17.4 Å². The molecule has 86 heavy (non-hydrogen) atoms. The third kappa shape index (κ3) is 16.0. The predicted molar refractivity (Wildman–Crippen MR) is 347 cm³/mol. The molecule has 0 bridgehead atoms. The molecule has 12 rings (SSSR count). The summed E-state index contributed by atoms with van der Waals surface area (Å²) in [7, 11) is 4.85. The summed E-state index contributed by atoms with van der Waals surface area (Å²) in [6, 6.07) is 57.3. The molecule has 12 aromatic rings. The van der Waals surface area contributed by atoms with Crippen molar-refractivity contribution >= 4 is 87.6 Å². The number of benzene rings is 6. The summed E-state index contributed by atoms with van der Waals surface area (Å²) in [4.78, 5) is 64.2. The summed E-state index contributed by atoms with van der Waals surface area (Å²) in [5.41, 5.74) is 14.2. The Hall–Kier alpha value is -10.0. The van der Waals surface area contributed by atoms with Gasteiger partial charge in [0.2, 0.25) is 23.6 Å². The van der Waals surface area contributed by atoms with Crippen molar-refractivity contribution in [2.75, 3.05) is 37.3 Å². The van der Waals surface area contributed by atoms with Gasteiger partial charge in [-0.1, -0.05) is 144 Å². The first-order chi connectivity index (χ1) is 41.9. The lowest BCUT2D eigenvalue weighted by atomic mass is 10.0. The van der Waals surface area contributed by atoms with Crippen LogP contribution >= 0.6 is 34.0 Å². The number of hydrogen-bond donors (Lipinski definition) is 3. The Bertz CT molecular complexity index is 4080. The molecule has 6 heterocycles. The Labute approximate surface area is 509 Å². The van der Waals surface area contributed by atoms with Crippen LogP contribution < -0.4 is 30.2 Å². The summed E-state index contributed by atoms with van der Waals surface area (Å²) in [6.45, 7) is 4.07. The van der Waals surface area contributed by atoms with E-state index in [0.29, 0.717) is 34.1 Å². The van der Waals surface area contributed by atoms with Gasteiger partial charge in [-0.05, 0) is 136 Å². The van der Waals surface area contributed by atoms with Crippen LogP contribution in [0.3, 0.4) is 0 Å². The maximum Gasteiger partial charge on any atom is 0.230 e. The molecule has 6 aromatic carbocycles. The zero-order valence-electron chi connectivity index (χ0n) is 47.7. The van der Waals surface area contributed by atoms with Crippen molar-refractivity contribution in [1.29, 1.82) is 0 Å². The van der Waals surface area contributed by atoms with E-state index in [1.165, 1.54) is 34.0 Å². The standard InChI is InChI=1S/C23H21N3O2S.C23H19N3OS.C22H19N3O3S/c1-3-18-13-17(10-11-24-18)16-6-4-15(5-7-16)12-22(27)26-23-25-20-9-8-19(28-2)14-21(20)29-23;1-16-13-20(11-12-24-16)18-9-7-17(8-10-18)14-22(27)26-23-25-15-21(28-23)19-5-3-2-4-6-19;1-27-17-7-8-18-19(13-17)29-22(24-18)25-20(26)11-14-3-5-15(6-4-14)16-9-10-23-21(12-16)28-2/h4-11,13-14H,3,12H2,1-2H3,(H,25,26,27);2-13,15H,14H2,1H3,(H,25,26,27);3-10,12-13H,11H2,1-2H3,(H,24,25,26). The van der Waals surface area contributed by atoms with Crippen molar-refractivity contribution in [3.05, 3.63) is 229 Å². The minimum atomic E-state index is -0.102. The molecule has 3 amide bonds. The zero-order chi connectivity index (χ0) is 59.8. The zero-order valence-corrected chi connectivity index (χ0v) is 50.2. The summed E-state index contributed by atoms with van der Waals surface area (Å²) in [5.74, 6) is 1.86. The first-order valence-electron chi connectivity index (χ1n) is 27.4. The molecule has 0 aliphatic carbocycles. The van der Waals surface area contributed by atoms with Crippen molar-refractivity contribution in [3.8, 4) is 61.2 Å². The highest BCUT2D eigenvalue weighted by Crippen LogP contribution is 2.33. The number of nitrogens with zero attached hydrogens (tertiary/aromatic N) is 6. The molecular weight excluding hydrogens is 1140 g/mol. The fourth-order valence-corrected chi connectivity index (χ4v) is 11.7. The van der Waals surface area contributed by atoms with E-state index < -0.39 is 0 Å². The van der Waals surface area contributed by atoms with Crippen LogP contribution in [0.25, 0.3) is 64.3 Å². The highest BCUT2D eigenvalue weighted by Gasteiger charge is 2.14. The molecule has 3 N–H and O–H groups in total. The molecular formula is C68H59N9O6S3. The van der Waals surface area contributed by atoms with E-state index in [1.54, 1.807) is 33.7 Å². The van der Waals surface area contributed by atoms with Gasteiger partial charge in [0.15, 0.2) is 15.4 Å². The largest absolute Gasteiger partial charge is 0.497 e. The van der Waals surface area contributed by atoms with Crippen LogP contribution in [0.2, 0.25) is 0 Å². The lowest BCUT2D eigenvalue weighted by Gasteiger charge is -2.06. The number of aromatic nitrogens is 6. The summed E-state index contributed by atoms with van der Waals surface area (Å²) >= 11 is 4.34. The molecule has 0 saturated heterocycles. The first kappa shape index (κ1) is 59.2. The van der Waals surface area contributed by atoms with E-state index >= 15 is 0 Å². The van der Waals surface area contributed by atoms with Crippen LogP contribution in [0.15, 0.2) is 201 Å². The number of aryl methyl sites for hydroxylation is 2. The van der Waals surface area contributed by atoms with Gasteiger partial charge in [0.1, 0.15) is 11.5 Å². The van der Waals surface area contributed by atoms with Gasteiger partial charge in [0, 0.05) is 42.2 Å². The smallest absolute Gasteiger partial charge is 0.230 e. The maximum absolute atomic E-state index is 12.4. The van der Waals surface area contributed by atoms with Crippen molar-refractivity contribution in [2.45, 2.75) is 39.5 Å². The van der Waals surface area contributed by atoms with E-state index in [1.807, 2.05) is 183 Å². The molecule has 0 fully saturated rings. The average Bonchev–Trinajstić information content (AvgIpc) is 4.42. The fourth-order valence-electron chi connectivity index (χ4n) is 9.01. The van der Waals surface area contributed by atoms with E-state index in [2.05, 4.69) is 64.9 Å². The van der Waals surface area contributed by atoms with Crippen LogP contribution in [-0.4, -0.2) is 69.0 Å². The second-order valence-electron chi connectivity index (χ2n) is 19.5. The number of hydrogen-bond acceptors (Lipinski definition) is 15. The molecule has 0 unspecified atom stereocenters. The van der Waals surface area contributed by atoms with E-state index in [9.17, 15) is 14.4 Å². The van der Waals surface area contributed by atoms with Crippen LogP contribution in [0.4, 0.5) is 15.4 Å². The van der Waals surface area contributed by atoms with Gasteiger partial charge >= 0.3 is 0 Å². The molecule has 430 valence electrons. The second-order valence-corrected chi connectivity index (χ2v) is 22.6. The summed E-state index contributed by atoms with van der Waals surface area (Å²) < 4.78 is 17.6. The van der Waals surface area contributed by atoms with Crippen LogP contribution in [0, 0.1) is 6.92 Å². The number of rotatable bonds is 17. The van der Waals surface area contributed by atoms with Crippen LogP contribution in [-0.2, 0) is 40.1 Å². The van der Waals surface area contributed by atoms with Gasteiger partial charge < -0.3 is 30.2 Å². The Morgan fingerprint density at radius 1 is 0.430 bits per heavy atom. The van der Waals surface area contributed by atoms with Crippen LogP contribution in [0.1, 0.15) is 35.0 Å². The number of ether oxygens (including phenoxy) is 3. The first-order valence-corrected chi connectivity index (χ1v) is 29.9. The highest BCUT2D eigenvalue weighted by molar-refractivity contribution is 7.22. The number of nitrogens with one attached hydrogen (secondary N) is 3. The number of pyridine rings is 3. The highest BCUT2D eigenvalue weighted by atomic mass is 32.1. The Kier molecular flexibility index (Phi) is 19.6. The number of carbonyl (C=O) groups is 3. The second kappa shape index (κ2) is 28.5. The van der Waals surface area contributed by atoms with Crippen molar-refractivity contribution in [2.24, 2.45) is 0 Å². The molecule has 0 radical (unpaired) electrons. The average molecular weight is 1190 g/mol. The predicted octanol–water partition coefficient (Wildman–Crippen LogP) is 15.0. The molecule has 0 aliphatic heterocycles. The summed E-state index contributed by atoms with van der Waals surface area (Å²) in [6.07, 6.45) is 8.95. The Balaban J connectivity index is 0.000000143. The topological polar surface area (TPSA) is 192 Å². The molecule has 15 nitrogen and oxygen atoms in total. The molecule has 18 heteroatoms. The number of amides is 3. The number of thiazole rings is 3. The van der Waals surface area contributed by atoms with Gasteiger partial charge in [-0.25, -0.2) is 19.9 Å². The Morgan fingerprint density at radius 3 is 1.37 bits per heavy atom. The molecule has 6 aromatic heterocycles.